The summed E-state index contributed by atoms with van der Waals surface area (Å²) in [6, 6.07) is 16.9. The Kier molecular flexibility index (Phi) is 6.79. The third-order valence-electron chi connectivity index (χ3n) is 5.60. The fourth-order valence-corrected chi connectivity index (χ4v) is 3.83. The lowest BCUT2D eigenvalue weighted by atomic mass is 9.99. The number of hydrogen-bond acceptors (Lipinski definition) is 0. The van der Waals surface area contributed by atoms with Gasteiger partial charge in [-0.15, -0.1) is 0 Å². The highest BCUT2D eigenvalue weighted by Gasteiger charge is 2.13. The SMILES string of the molecule is CCCCCc1cc(F)c(-c2ccc(C#Cc3ccc4c(F)c(F)ccc4c3)cc2)c(F)c1. The predicted molar refractivity (Wildman–Crippen MR) is 125 cm³/mol. The van der Waals surface area contributed by atoms with Gasteiger partial charge in [-0.05, 0) is 71.8 Å². The van der Waals surface area contributed by atoms with Crippen LogP contribution in [0.15, 0.2) is 66.7 Å². The van der Waals surface area contributed by atoms with Crippen molar-refractivity contribution in [2.75, 3.05) is 0 Å². The average molecular weight is 446 g/mol. The summed E-state index contributed by atoms with van der Waals surface area (Å²) in [4.78, 5) is 0. The molecular formula is C29H22F4. The summed E-state index contributed by atoms with van der Waals surface area (Å²) in [7, 11) is 0. The van der Waals surface area contributed by atoms with Crippen LogP contribution in [0, 0.1) is 35.1 Å². The van der Waals surface area contributed by atoms with Gasteiger partial charge in [-0.1, -0.05) is 55.9 Å². The molecule has 0 unspecified atom stereocenters. The maximum atomic E-state index is 14.6. The molecule has 4 rings (SSSR count). The number of aryl methyl sites for hydroxylation is 1. The lowest BCUT2D eigenvalue weighted by Crippen LogP contribution is -1.95. The van der Waals surface area contributed by atoms with Crippen molar-refractivity contribution in [1.29, 1.82) is 0 Å². The van der Waals surface area contributed by atoms with Gasteiger partial charge in [0.05, 0.1) is 5.56 Å². The van der Waals surface area contributed by atoms with Gasteiger partial charge in [0.25, 0.3) is 0 Å². The molecule has 0 radical (unpaired) electrons. The third kappa shape index (κ3) is 5.09. The summed E-state index contributed by atoms with van der Waals surface area (Å²) in [5.41, 5.74) is 2.38. The van der Waals surface area contributed by atoms with Crippen LogP contribution in [0.3, 0.4) is 0 Å². The fourth-order valence-electron chi connectivity index (χ4n) is 3.83. The Morgan fingerprint density at radius 1 is 0.667 bits per heavy atom. The predicted octanol–water partition coefficient (Wildman–Crippen LogP) is 8.20. The van der Waals surface area contributed by atoms with Gasteiger partial charge in [0.2, 0.25) is 0 Å². The van der Waals surface area contributed by atoms with Gasteiger partial charge in [-0.25, -0.2) is 17.6 Å². The van der Waals surface area contributed by atoms with Gasteiger partial charge < -0.3 is 0 Å². The highest BCUT2D eigenvalue weighted by molar-refractivity contribution is 5.84. The number of hydrogen-bond donors (Lipinski definition) is 0. The van der Waals surface area contributed by atoms with Crippen LogP contribution < -0.4 is 0 Å². The molecule has 0 heterocycles. The molecule has 166 valence electrons. The number of halogens is 4. The summed E-state index contributed by atoms with van der Waals surface area (Å²) in [6.07, 6.45) is 3.65. The summed E-state index contributed by atoms with van der Waals surface area (Å²) in [6.45, 7) is 2.09. The summed E-state index contributed by atoms with van der Waals surface area (Å²) in [5, 5.41) is 0.755. The zero-order valence-electron chi connectivity index (χ0n) is 18.2. The number of unbranched alkanes of at least 4 members (excludes halogenated alkanes) is 2. The van der Waals surface area contributed by atoms with E-state index in [1.165, 1.54) is 24.3 Å². The largest absolute Gasteiger partial charge is 0.206 e. The first-order chi connectivity index (χ1) is 16.0. The summed E-state index contributed by atoms with van der Waals surface area (Å²) >= 11 is 0. The van der Waals surface area contributed by atoms with E-state index in [1.54, 1.807) is 36.4 Å². The molecule has 0 amide bonds. The van der Waals surface area contributed by atoms with Crippen LogP contribution in [0.4, 0.5) is 17.6 Å². The van der Waals surface area contributed by atoms with Crippen LogP contribution in [-0.2, 0) is 6.42 Å². The van der Waals surface area contributed by atoms with Gasteiger partial charge in [0.1, 0.15) is 11.6 Å². The first kappa shape index (κ1) is 22.6. The maximum absolute atomic E-state index is 14.6. The second-order valence-corrected chi connectivity index (χ2v) is 8.02. The fraction of sp³-hybridized carbons (Fsp3) is 0.172. The molecule has 0 aliphatic rings. The van der Waals surface area contributed by atoms with Crippen molar-refractivity contribution in [2.45, 2.75) is 32.6 Å². The smallest absolute Gasteiger partial charge is 0.166 e. The van der Waals surface area contributed by atoms with Gasteiger partial charge >= 0.3 is 0 Å². The topological polar surface area (TPSA) is 0 Å². The Balaban J connectivity index is 1.55. The molecule has 0 saturated heterocycles. The van der Waals surface area contributed by atoms with E-state index in [0.29, 0.717) is 34.1 Å². The molecule has 0 fully saturated rings. The van der Waals surface area contributed by atoms with E-state index in [4.69, 9.17) is 0 Å². The molecule has 0 nitrogen and oxygen atoms in total. The van der Waals surface area contributed by atoms with Crippen LogP contribution in [0.1, 0.15) is 42.9 Å². The van der Waals surface area contributed by atoms with Gasteiger partial charge in [-0.2, -0.15) is 0 Å². The van der Waals surface area contributed by atoms with E-state index in [1.807, 2.05) is 0 Å². The highest BCUT2D eigenvalue weighted by Crippen LogP contribution is 2.28. The molecule has 0 saturated carbocycles. The van der Waals surface area contributed by atoms with Crippen molar-refractivity contribution >= 4 is 10.8 Å². The van der Waals surface area contributed by atoms with Gasteiger partial charge in [0, 0.05) is 16.5 Å². The van der Waals surface area contributed by atoms with Gasteiger partial charge in [0.15, 0.2) is 11.6 Å². The van der Waals surface area contributed by atoms with E-state index >= 15 is 0 Å². The van der Waals surface area contributed by atoms with Gasteiger partial charge in [-0.3, -0.25) is 0 Å². The molecule has 0 aliphatic heterocycles. The molecule has 0 atom stereocenters. The second kappa shape index (κ2) is 9.92. The Labute approximate surface area is 190 Å². The number of fused-ring (bicyclic) bond motifs is 1. The molecule has 0 spiro atoms. The van der Waals surface area contributed by atoms with Crippen molar-refractivity contribution in [3.63, 3.8) is 0 Å². The maximum Gasteiger partial charge on any atom is 0.166 e. The third-order valence-corrected chi connectivity index (χ3v) is 5.60. The first-order valence-corrected chi connectivity index (χ1v) is 10.9. The highest BCUT2D eigenvalue weighted by atomic mass is 19.2. The number of benzene rings is 4. The zero-order valence-corrected chi connectivity index (χ0v) is 18.2. The Morgan fingerprint density at radius 3 is 2.03 bits per heavy atom. The van der Waals surface area contributed by atoms with Crippen LogP contribution in [-0.4, -0.2) is 0 Å². The monoisotopic (exact) mass is 446 g/mol. The minimum atomic E-state index is -0.888. The van der Waals surface area contributed by atoms with E-state index < -0.39 is 23.3 Å². The van der Waals surface area contributed by atoms with Crippen molar-refractivity contribution in [2.24, 2.45) is 0 Å². The molecule has 0 bridgehead atoms. The Hall–Kier alpha value is -3.58. The van der Waals surface area contributed by atoms with E-state index in [-0.39, 0.29) is 10.9 Å². The Morgan fingerprint density at radius 2 is 1.33 bits per heavy atom. The van der Waals surface area contributed by atoms with E-state index in [2.05, 4.69) is 18.8 Å². The van der Waals surface area contributed by atoms with Crippen molar-refractivity contribution in [3.05, 3.63) is 107 Å². The summed E-state index contributed by atoms with van der Waals surface area (Å²) in [5.74, 6) is 3.07. The normalized spacial score (nSPS) is 10.8. The minimum Gasteiger partial charge on any atom is -0.206 e. The quantitative estimate of drug-likeness (QED) is 0.165. The molecule has 4 aromatic rings. The van der Waals surface area contributed by atoms with E-state index in [9.17, 15) is 17.6 Å². The molecule has 0 aromatic heterocycles. The molecular weight excluding hydrogens is 424 g/mol. The Bertz CT molecular complexity index is 1340. The van der Waals surface area contributed by atoms with Crippen LogP contribution in [0.5, 0.6) is 0 Å². The number of rotatable bonds is 5. The molecule has 4 aromatic carbocycles. The molecule has 33 heavy (non-hydrogen) atoms. The first-order valence-electron chi connectivity index (χ1n) is 10.9. The van der Waals surface area contributed by atoms with Crippen LogP contribution >= 0.6 is 0 Å². The van der Waals surface area contributed by atoms with Crippen LogP contribution in [0.25, 0.3) is 21.9 Å². The molecule has 0 N–H and O–H groups in total. The molecule has 4 heteroatoms. The van der Waals surface area contributed by atoms with Crippen LogP contribution in [0.2, 0.25) is 0 Å². The van der Waals surface area contributed by atoms with Crippen molar-refractivity contribution in [1.82, 2.24) is 0 Å². The van der Waals surface area contributed by atoms with E-state index in [0.717, 1.165) is 25.3 Å². The zero-order chi connectivity index (χ0) is 23.4. The average Bonchev–Trinajstić information content (AvgIpc) is 2.81. The van der Waals surface area contributed by atoms with Crippen molar-refractivity contribution < 1.29 is 17.6 Å². The second-order valence-electron chi connectivity index (χ2n) is 8.02. The lowest BCUT2D eigenvalue weighted by Gasteiger charge is -2.09. The standard InChI is InChI=1S/C29H22F4/c1-2-3-4-5-21-17-26(31)28(27(32)18-21)22-11-8-19(9-12-22)6-7-20-10-14-24-23(16-20)13-15-25(30)29(24)33/h8-18H,2-5H2,1H3. The molecule has 0 aliphatic carbocycles. The lowest BCUT2D eigenvalue weighted by molar-refractivity contribution is 0.517. The minimum absolute atomic E-state index is 0.0439. The summed E-state index contributed by atoms with van der Waals surface area (Å²) < 4.78 is 56.5. The van der Waals surface area contributed by atoms with Crippen molar-refractivity contribution in [3.8, 4) is 23.0 Å².